The van der Waals surface area contributed by atoms with Crippen LogP contribution in [0.5, 0.6) is 0 Å². The summed E-state index contributed by atoms with van der Waals surface area (Å²) in [6, 6.07) is 8.95. The van der Waals surface area contributed by atoms with Gasteiger partial charge in [0, 0.05) is 23.4 Å². The number of aromatic amines is 1. The van der Waals surface area contributed by atoms with Crippen molar-refractivity contribution >= 4 is 23.0 Å². The Morgan fingerprint density at radius 3 is 2.57 bits per heavy atom. The highest BCUT2D eigenvalue weighted by Gasteiger charge is 2.25. The molecule has 0 bridgehead atoms. The highest BCUT2D eigenvalue weighted by atomic mass is 35.5. The van der Waals surface area contributed by atoms with Crippen LogP contribution in [0, 0.1) is 11.6 Å². The molecule has 0 aliphatic heterocycles. The lowest BCUT2D eigenvalue weighted by molar-refractivity contribution is 0.0929. The van der Waals surface area contributed by atoms with Crippen LogP contribution in [0.25, 0.3) is 16.9 Å². The normalized spacial score (nSPS) is 12.3. The van der Waals surface area contributed by atoms with Crippen molar-refractivity contribution in [3.63, 3.8) is 0 Å². The number of hydrogen-bond donors (Lipinski definition) is 3. The van der Waals surface area contributed by atoms with Crippen molar-refractivity contribution in [1.29, 1.82) is 0 Å². The van der Waals surface area contributed by atoms with Crippen molar-refractivity contribution in [2.45, 2.75) is 32.2 Å². The third-order valence-corrected chi connectivity index (χ3v) is 5.92. The summed E-state index contributed by atoms with van der Waals surface area (Å²) < 4.78 is 29.0. The van der Waals surface area contributed by atoms with Crippen LogP contribution in [0.3, 0.4) is 0 Å². The second-order valence-electron chi connectivity index (χ2n) is 8.42. The second kappa shape index (κ2) is 9.97. The van der Waals surface area contributed by atoms with Crippen molar-refractivity contribution in [3.05, 3.63) is 92.4 Å². The number of nitrogens with one attached hydrogen (secondary N) is 2. The first-order valence-electron chi connectivity index (χ1n) is 11.0. The minimum atomic E-state index is -0.614. The number of aromatic nitrogens is 3. The molecule has 7 nitrogen and oxygen atoms in total. The van der Waals surface area contributed by atoms with Gasteiger partial charge in [0.1, 0.15) is 17.2 Å². The minimum absolute atomic E-state index is 0.0154. The van der Waals surface area contributed by atoms with Gasteiger partial charge in [-0.3, -0.25) is 9.59 Å². The lowest BCUT2D eigenvalue weighted by Gasteiger charge is -2.19. The Hall–Kier alpha value is -3.56. The first-order valence-corrected chi connectivity index (χ1v) is 11.4. The van der Waals surface area contributed by atoms with Crippen molar-refractivity contribution in [1.82, 2.24) is 19.9 Å². The number of halogens is 3. The number of carbonyl (C=O) groups is 1. The highest BCUT2D eigenvalue weighted by molar-refractivity contribution is 6.30. The Labute approximate surface area is 204 Å². The van der Waals surface area contributed by atoms with Gasteiger partial charge in [0.15, 0.2) is 5.82 Å². The van der Waals surface area contributed by atoms with Crippen LogP contribution >= 0.6 is 11.6 Å². The first-order chi connectivity index (χ1) is 16.7. The Balaban J connectivity index is 1.79. The third-order valence-electron chi connectivity index (χ3n) is 5.68. The van der Waals surface area contributed by atoms with E-state index in [1.807, 2.05) is 13.8 Å². The molecule has 4 rings (SSSR count). The van der Waals surface area contributed by atoms with Crippen LogP contribution in [-0.4, -0.2) is 32.2 Å². The Morgan fingerprint density at radius 2 is 1.91 bits per heavy atom. The summed E-state index contributed by atoms with van der Waals surface area (Å²) in [4.78, 5) is 29.0. The number of amides is 1. The van der Waals surface area contributed by atoms with Crippen LogP contribution in [0.4, 0.5) is 8.78 Å². The molecule has 0 aliphatic carbocycles. The Morgan fingerprint density at radius 1 is 1.20 bits per heavy atom. The van der Waals surface area contributed by atoms with E-state index in [0.717, 1.165) is 0 Å². The van der Waals surface area contributed by atoms with Crippen LogP contribution in [0.15, 0.2) is 53.5 Å². The van der Waals surface area contributed by atoms with Gasteiger partial charge < -0.3 is 15.4 Å². The van der Waals surface area contributed by atoms with Crippen molar-refractivity contribution < 1.29 is 18.7 Å². The summed E-state index contributed by atoms with van der Waals surface area (Å²) in [5.74, 6) is -1.78. The van der Waals surface area contributed by atoms with E-state index in [0.29, 0.717) is 11.1 Å². The molecule has 0 spiro atoms. The number of rotatable bonds is 7. The summed E-state index contributed by atoms with van der Waals surface area (Å²) >= 11 is 5.99. The zero-order chi connectivity index (χ0) is 25.3. The number of carbonyl (C=O) groups excluding carboxylic acids is 1. The van der Waals surface area contributed by atoms with Gasteiger partial charge in [-0.25, -0.2) is 13.3 Å². The molecule has 1 atom stereocenters. The van der Waals surface area contributed by atoms with E-state index >= 15 is 0 Å². The van der Waals surface area contributed by atoms with Gasteiger partial charge in [-0.05, 0) is 48.2 Å². The first kappa shape index (κ1) is 24.6. The minimum Gasteiger partial charge on any atom is -0.396 e. The fourth-order valence-corrected chi connectivity index (χ4v) is 4.23. The molecule has 0 saturated carbocycles. The number of aliphatic hydroxyl groups is 1. The van der Waals surface area contributed by atoms with E-state index in [9.17, 15) is 23.5 Å². The summed E-state index contributed by atoms with van der Waals surface area (Å²) in [7, 11) is 0. The number of fused-ring (bicyclic) bond motifs is 1. The molecule has 35 heavy (non-hydrogen) atoms. The van der Waals surface area contributed by atoms with E-state index in [4.69, 9.17) is 11.6 Å². The zero-order valence-corrected chi connectivity index (χ0v) is 19.7. The lowest BCUT2D eigenvalue weighted by Crippen LogP contribution is -2.29. The molecule has 10 heteroatoms. The molecular weight excluding hydrogens is 478 g/mol. The molecule has 2 aromatic heterocycles. The number of hydrogen-bond acceptors (Lipinski definition) is 4. The van der Waals surface area contributed by atoms with Crippen LogP contribution in [0.2, 0.25) is 5.02 Å². The molecule has 4 aromatic rings. The maximum atomic E-state index is 14.4. The zero-order valence-electron chi connectivity index (χ0n) is 19.0. The van der Waals surface area contributed by atoms with Gasteiger partial charge >= 0.3 is 0 Å². The SMILES string of the molecule is CC(C)c1c(C(=O)NC(CCO)c2ccc(F)cc2)cn2nc(-c3cc(Cl)ccc3F)[nH]c(=O)c12. The fourth-order valence-electron chi connectivity index (χ4n) is 4.06. The van der Waals surface area contributed by atoms with Crippen LogP contribution in [0.1, 0.15) is 53.7 Å². The highest BCUT2D eigenvalue weighted by Crippen LogP contribution is 2.28. The molecule has 3 N–H and O–H groups in total. The van der Waals surface area contributed by atoms with Gasteiger partial charge in [0.05, 0.1) is 17.2 Å². The largest absolute Gasteiger partial charge is 0.396 e. The van der Waals surface area contributed by atoms with Crippen LogP contribution in [-0.2, 0) is 0 Å². The smallest absolute Gasteiger partial charge is 0.275 e. The van der Waals surface area contributed by atoms with Crippen molar-refractivity contribution in [2.24, 2.45) is 0 Å². The summed E-state index contributed by atoms with van der Waals surface area (Å²) in [6.07, 6.45) is 1.63. The molecule has 2 aromatic carbocycles. The van der Waals surface area contributed by atoms with E-state index in [-0.39, 0.29) is 46.4 Å². The van der Waals surface area contributed by atoms with Gasteiger partial charge in [0.2, 0.25) is 0 Å². The lowest BCUT2D eigenvalue weighted by atomic mass is 9.98. The number of H-pyrrole nitrogens is 1. The van der Waals surface area contributed by atoms with E-state index in [1.165, 1.54) is 53.2 Å². The van der Waals surface area contributed by atoms with Crippen molar-refractivity contribution in [2.75, 3.05) is 6.61 Å². The number of aliphatic hydroxyl groups excluding tert-OH is 1. The standard InChI is InChI=1S/C25H23ClF2N4O3/c1-13(2)21-18(24(34)29-20(9-10-33)14-3-6-16(27)7-4-14)12-32-22(21)25(35)30-23(31-32)17-11-15(26)5-8-19(17)28/h3-8,11-13,20,33H,9-10H2,1-2H3,(H,29,34)(H,30,31,35). The molecule has 0 aliphatic rings. The van der Waals surface area contributed by atoms with Crippen LogP contribution < -0.4 is 10.9 Å². The average Bonchev–Trinajstić information content (AvgIpc) is 3.21. The predicted octanol–water partition coefficient (Wildman–Crippen LogP) is 4.60. The van der Waals surface area contributed by atoms with Gasteiger partial charge in [-0.15, -0.1) is 5.10 Å². The number of nitrogens with zero attached hydrogens (tertiary/aromatic N) is 2. The summed E-state index contributed by atoms with van der Waals surface area (Å²) in [6.45, 7) is 3.47. The van der Waals surface area contributed by atoms with E-state index in [1.54, 1.807) is 0 Å². The third kappa shape index (κ3) is 4.96. The topological polar surface area (TPSA) is 99.5 Å². The molecule has 1 amide bonds. The fraction of sp³-hybridized carbons (Fsp3) is 0.240. The molecule has 1 unspecified atom stereocenters. The summed E-state index contributed by atoms with van der Waals surface area (Å²) in [5.41, 5.74) is 0.947. The predicted molar refractivity (Wildman–Crippen MR) is 129 cm³/mol. The van der Waals surface area contributed by atoms with E-state index < -0.39 is 29.1 Å². The quantitative estimate of drug-likeness (QED) is 0.345. The monoisotopic (exact) mass is 500 g/mol. The summed E-state index contributed by atoms with van der Waals surface area (Å²) in [5, 5.41) is 17.0. The average molecular weight is 501 g/mol. The Bertz CT molecular complexity index is 1450. The molecule has 182 valence electrons. The second-order valence-corrected chi connectivity index (χ2v) is 8.86. The molecule has 2 heterocycles. The van der Waals surface area contributed by atoms with E-state index in [2.05, 4.69) is 15.4 Å². The van der Waals surface area contributed by atoms with Gasteiger partial charge in [-0.1, -0.05) is 37.6 Å². The van der Waals surface area contributed by atoms with Crippen molar-refractivity contribution in [3.8, 4) is 11.4 Å². The molecule has 0 saturated heterocycles. The van der Waals surface area contributed by atoms with Gasteiger partial charge in [0.25, 0.3) is 11.5 Å². The maximum Gasteiger partial charge on any atom is 0.275 e. The Kier molecular flexibility index (Phi) is 7.00. The molecule has 0 radical (unpaired) electrons. The van der Waals surface area contributed by atoms with Gasteiger partial charge in [-0.2, -0.15) is 0 Å². The molecule has 0 fully saturated rings. The molecular formula is C25H23ClF2N4O3. The maximum absolute atomic E-state index is 14.4. The number of benzene rings is 2.